The molecule has 1 aliphatic rings. The Morgan fingerprint density at radius 1 is 1.00 bits per heavy atom. The maximum absolute atomic E-state index is 14.7. The maximum Gasteiger partial charge on any atom is 0.300 e. The lowest BCUT2D eigenvalue weighted by molar-refractivity contribution is -0.132. The molecule has 2 N–H and O–H groups in total. The van der Waals surface area contributed by atoms with Gasteiger partial charge in [-0.3, -0.25) is 14.5 Å². The summed E-state index contributed by atoms with van der Waals surface area (Å²) in [5.41, 5.74) is -0.186. The summed E-state index contributed by atoms with van der Waals surface area (Å²) >= 11 is 0. The molecule has 174 valence electrons. The molecule has 0 aromatic heterocycles. The van der Waals surface area contributed by atoms with E-state index in [4.69, 9.17) is 4.74 Å². The first-order chi connectivity index (χ1) is 16.2. The van der Waals surface area contributed by atoms with Crippen molar-refractivity contribution < 1.29 is 33.3 Å². The molecule has 1 heterocycles. The van der Waals surface area contributed by atoms with E-state index < -0.39 is 35.1 Å². The molecular formula is C26H21F2NO5. The third-order valence-corrected chi connectivity index (χ3v) is 5.28. The van der Waals surface area contributed by atoms with Crippen molar-refractivity contribution in [3.63, 3.8) is 0 Å². The fourth-order valence-corrected chi connectivity index (χ4v) is 3.91. The molecule has 6 nitrogen and oxygen atoms in total. The number of carbonyl (C=O) groups is 2. The third kappa shape index (κ3) is 4.22. The minimum absolute atomic E-state index is 0.142. The molecule has 34 heavy (non-hydrogen) atoms. The van der Waals surface area contributed by atoms with Crippen LogP contribution in [0.15, 0.2) is 72.3 Å². The number of hydrogen-bond donors (Lipinski definition) is 2. The molecule has 3 aromatic carbocycles. The van der Waals surface area contributed by atoms with Crippen LogP contribution in [0.1, 0.15) is 31.0 Å². The molecule has 0 radical (unpaired) electrons. The van der Waals surface area contributed by atoms with Crippen LogP contribution < -0.4 is 9.64 Å². The van der Waals surface area contributed by atoms with Crippen LogP contribution in [0.4, 0.5) is 14.5 Å². The summed E-state index contributed by atoms with van der Waals surface area (Å²) < 4.78 is 33.9. The second-order valence-electron chi connectivity index (χ2n) is 8.05. The predicted molar refractivity (Wildman–Crippen MR) is 121 cm³/mol. The number of phenols is 1. The Morgan fingerprint density at radius 2 is 1.74 bits per heavy atom. The summed E-state index contributed by atoms with van der Waals surface area (Å²) in [6.07, 6.45) is -0.142. The molecule has 4 rings (SSSR count). The van der Waals surface area contributed by atoms with Gasteiger partial charge in [0.1, 0.15) is 28.9 Å². The standard InChI is InChI=1S/C26H21F2NO5/c1-14(2)34-19-8-4-6-16(12-19)24(31)22-23(15-5-3-7-18(30)11-15)29(26(33)25(22)32)21-10-9-17(27)13-20(21)28/h3-14,23,30-31H,1-2H3/b24-22+. The van der Waals surface area contributed by atoms with E-state index >= 15 is 0 Å². The SMILES string of the molecule is CC(C)Oc1cccc(/C(O)=C2\C(=O)C(=O)N(c3ccc(F)cc3F)C2c2cccc(O)c2)c1. The fourth-order valence-electron chi connectivity index (χ4n) is 3.91. The largest absolute Gasteiger partial charge is 0.508 e. The molecular weight excluding hydrogens is 444 g/mol. The number of carbonyl (C=O) groups excluding carboxylic acids is 2. The van der Waals surface area contributed by atoms with E-state index in [1.54, 1.807) is 12.1 Å². The first-order valence-electron chi connectivity index (χ1n) is 10.5. The lowest BCUT2D eigenvalue weighted by Gasteiger charge is -2.26. The highest BCUT2D eigenvalue weighted by atomic mass is 19.1. The zero-order valence-electron chi connectivity index (χ0n) is 18.3. The van der Waals surface area contributed by atoms with Crippen LogP contribution in [0.3, 0.4) is 0 Å². The maximum atomic E-state index is 14.7. The van der Waals surface area contributed by atoms with Crippen molar-refractivity contribution in [3.8, 4) is 11.5 Å². The molecule has 8 heteroatoms. The Labute approximate surface area is 194 Å². The van der Waals surface area contributed by atoms with Crippen molar-refractivity contribution in [1.29, 1.82) is 0 Å². The summed E-state index contributed by atoms with van der Waals surface area (Å²) in [6, 6.07) is 13.4. The van der Waals surface area contributed by atoms with Gasteiger partial charge in [-0.05, 0) is 55.8 Å². The van der Waals surface area contributed by atoms with Crippen molar-refractivity contribution in [1.82, 2.24) is 0 Å². The summed E-state index contributed by atoms with van der Waals surface area (Å²) in [5.74, 6) is -4.28. The second kappa shape index (κ2) is 8.97. The van der Waals surface area contributed by atoms with Crippen molar-refractivity contribution in [2.45, 2.75) is 26.0 Å². The zero-order valence-corrected chi connectivity index (χ0v) is 18.3. The lowest BCUT2D eigenvalue weighted by Crippen LogP contribution is -2.30. The van der Waals surface area contributed by atoms with Crippen molar-refractivity contribution in [3.05, 3.63) is 95.1 Å². The molecule has 1 aliphatic heterocycles. The number of aromatic hydroxyl groups is 1. The zero-order chi connectivity index (χ0) is 24.6. The van der Waals surface area contributed by atoms with Crippen molar-refractivity contribution in [2.24, 2.45) is 0 Å². The minimum Gasteiger partial charge on any atom is -0.508 e. The highest BCUT2D eigenvalue weighted by Gasteiger charge is 2.47. The van der Waals surface area contributed by atoms with E-state index in [9.17, 15) is 28.6 Å². The number of amides is 1. The van der Waals surface area contributed by atoms with Gasteiger partial charge in [0.2, 0.25) is 0 Å². The van der Waals surface area contributed by atoms with E-state index in [1.165, 1.54) is 36.4 Å². The summed E-state index contributed by atoms with van der Waals surface area (Å²) in [5, 5.41) is 21.2. The van der Waals surface area contributed by atoms with Gasteiger partial charge in [0.25, 0.3) is 11.7 Å². The average molecular weight is 465 g/mol. The molecule has 0 saturated carbocycles. The van der Waals surface area contributed by atoms with Gasteiger partial charge in [0.05, 0.1) is 23.4 Å². The van der Waals surface area contributed by atoms with E-state index in [-0.39, 0.29) is 34.2 Å². The van der Waals surface area contributed by atoms with Gasteiger partial charge in [0.15, 0.2) is 0 Å². The summed E-state index contributed by atoms with van der Waals surface area (Å²) in [6.45, 7) is 3.66. The van der Waals surface area contributed by atoms with Gasteiger partial charge in [-0.2, -0.15) is 0 Å². The van der Waals surface area contributed by atoms with Crippen LogP contribution in [0, 0.1) is 11.6 Å². The van der Waals surface area contributed by atoms with E-state index in [0.717, 1.165) is 17.0 Å². The molecule has 1 unspecified atom stereocenters. The Morgan fingerprint density at radius 3 is 2.41 bits per heavy atom. The molecule has 1 atom stereocenters. The molecule has 0 spiro atoms. The first kappa shape index (κ1) is 23.0. The third-order valence-electron chi connectivity index (χ3n) is 5.28. The van der Waals surface area contributed by atoms with Gasteiger partial charge in [-0.15, -0.1) is 0 Å². The minimum atomic E-state index is -1.28. The quantitative estimate of drug-likeness (QED) is 0.312. The molecule has 0 aliphatic carbocycles. The number of phenolic OH excluding ortho intramolecular Hbond substituents is 1. The van der Waals surface area contributed by atoms with Gasteiger partial charge in [0, 0.05) is 11.6 Å². The van der Waals surface area contributed by atoms with Gasteiger partial charge < -0.3 is 14.9 Å². The predicted octanol–water partition coefficient (Wildman–Crippen LogP) is 5.08. The second-order valence-corrected chi connectivity index (χ2v) is 8.05. The number of benzene rings is 3. The molecule has 0 bridgehead atoms. The van der Waals surface area contributed by atoms with E-state index in [2.05, 4.69) is 0 Å². The number of Topliss-reactive ketones (excluding diaryl/α,β-unsaturated/α-hetero) is 1. The van der Waals surface area contributed by atoms with Crippen LogP contribution in [0.25, 0.3) is 5.76 Å². The van der Waals surface area contributed by atoms with Gasteiger partial charge in [-0.1, -0.05) is 24.3 Å². The number of ether oxygens (including phenoxy) is 1. The number of aliphatic hydroxyl groups is 1. The number of rotatable bonds is 5. The first-order valence-corrected chi connectivity index (χ1v) is 10.5. The number of nitrogens with zero attached hydrogens (tertiary/aromatic N) is 1. The fraction of sp³-hybridized carbons (Fsp3) is 0.154. The van der Waals surface area contributed by atoms with Crippen molar-refractivity contribution in [2.75, 3.05) is 4.90 Å². The van der Waals surface area contributed by atoms with Crippen LogP contribution >= 0.6 is 0 Å². The number of halogens is 2. The van der Waals surface area contributed by atoms with Crippen LogP contribution in [-0.2, 0) is 9.59 Å². The van der Waals surface area contributed by atoms with Crippen molar-refractivity contribution >= 4 is 23.1 Å². The normalized spacial score (nSPS) is 17.4. The Kier molecular flexibility index (Phi) is 6.06. The van der Waals surface area contributed by atoms with Crippen LogP contribution in [-0.4, -0.2) is 28.0 Å². The summed E-state index contributed by atoms with van der Waals surface area (Å²) in [4.78, 5) is 27.0. The molecule has 1 fully saturated rings. The number of aliphatic hydroxyl groups excluding tert-OH is 1. The smallest absolute Gasteiger partial charge is 0.300 e. The highest BCUT2D eigenvalue weighted by Crippen LogP contribution is 2.43. The van der Waals surface area contributed by atoms with Gasteiger partial charge >= 0.3 is 0 Å². The Bertz CT molecular complexity index is 1320. The average Bonchev–Trinajstić information content (AvgIpc) is 3.04. The lowest BCUT2D eigenvalue weighted by atomic mass is 9.95. The number of ketones is 1. The number of hydrogen-bond acceptors (Lipinski definition) is 5. The van der Waals surface area contributed by atoms with E-state index in [1.807, 2.05) is 13.8 Å². The van der Waals surface area contributed by atoms with E-state index in [0.29, 0.717) is 11.8 Å². The van der Waals surface area contributed by atoms with Crippen LogP contribution in [0.5, 0.6) is 11.5 Å². The summed E-state index contributed by atoms with van der Waals surface area (Å²) in [7, 11) is 0. The Hall–Kier alpha value is -4.20. The number of anilines is 1. The highest BCUT2D eigenvalue weighted by molar-refractivity contribution is 6.51. The Balaban J connectivity index is 1.94. The van der Waals surface area contributed by atoms with Gasteiger partial charge in [-0.25, -0.2) is 8.78 Å². The topological polar surface area (TPSA) is 87.1 Å². The molecule has 1 amide bonds. The van der Waals surface area contributed by atoms with Crippen LogP contribution in [0.2, 0.25) is 0 Å². The monoisotopic (exact) mass is 465 g/mol. The molecule has 3 aromatic rings. The molecule has 1 saturated heterocycles.